The van der Waals surface area contributed by atoms with Crippen LogP contribution in [0.1, 0.15) is 11.3 Å². The van der Waals surface area contributed by atoms with E-state index in [1.807, 2.05) is 0 Å². The van der Waals surface area contributed by atoms with Gasteiger partial charge in [0.15, 0.2) is 0 Å². The van der Waals surface area contributed by atoms with Gasteiger partial charge in [-0.3, -0.25) is 29.1 Å². The van der Waals surface area contributed by atoms with E-state index in [4.69, 9.17) is 0 Å². The van der Waals surface area contributed by atoms with Crippen LogP contribution < -0.4 is 11.2 Å². The number of hydrogen-bond acceptors (Lipinski definition) is 5. The minimum absolute atomic E-state index is 0.00651. The SMILES string of the molecule is Cc1[nH]n(-c2ccc(F)cc2)c(=O)c1C=Nc1cc2c(cc1[N+](=O)[O-])n(C)c(=O)n2C. The number of aliphatic imine (C=N–C) groups is 1. The first-order valence-electron chi connectivity index (χ1n) is 9.14. The Morgan fingerprint density at radius 2 is 1.71 bits per heavy atom. The Balaban J connectivity index is 1.83. The molecule has 31 heavy (non-hydrogen) atoms. The maximum Gasteiger partial charge on any atom is 0.328 e. The molecule has 0 unspecified atom stereocenters. The molecule has 0 amide bonds. The number of nitro groups is 1. The van der Waals surface area contributed by atoms with Gasteiger partial charge in [-0.2, -0.15) is 0 Å². The Labute approximate surface area is 173 Å². The summed E-state index contributed by atoms with van der Waals surface area (Å²) in [5, 5.41) is 14.4. The molecule has 10 nitrogen and oxygen atoms in total. The zero-order chi connectivity index (χ0) is 22.4. The summed E-state index contributed by atoms with van der Waals surface area (Å²) in [7, 11) is 3.08. The van der Waals surface area contributed by atoms with Gasteiger partial charge in [-0.25, -0.2) is 18.9 Å². The molecule has 1 N–H and O–H groups in total. The number of benzene rings is 2. The van der Waals surface area contributed by atoms with Crippen LogP contribution in [0.15, 0.2) is 51.0 Å². The lowest BCUT2D eigenvalue weighted by atomic mass is 10.2. The van der Waals surface area contributed by atoms with E-state index in [1.54, 1.807) is 14.0 Å². The Morgan fingerprint density at radius 1 is 1.10 bits per heavy atom. The lowest BCUT2D eigenvalue weighted by molar-refractivity contribution is -0.383. The van der Waals surface area contributed by atoms with Gasteiger partial charge >= 0.3 is 5.69 Å². The first kappa shape index (κ1) is 20.0. The van der Waals surface area contributed by atoms with Gasteiger partial charge in [0.1, 0.15) is 11.5 Å². The van der Waals surface area contributed by atoms with Gasteiger partial charge in [-0.15, -0.1) is 0 Å². The molecule has 11 heteroatoms. The summed E-state index contributed by atoms with van der Waals surface area (Å²) >= 11 is 0. The number of H-pyrrole nitrogens is 1. The molecule has 0 aliphatic carbocycles. The average Bonchev–Trinajstić information content (AvgIpc) is 3.14. The minimum Gasteiger partial charge on any atom is -0.295 e. The Morgan fingerprint density at radius 3 is 2.32 bits per heavy atom. The Hall–Kier alpha value is -4.28. The van der Waals surface area contributed by atoms with Crippen LogP contribution in [0.4, 0.5) is 15.8 Å². The third kappa shape index (κ3) is 3.25. The van der Waals surface area contributed by atoms with E-state index in [0.717, 1.165) is 0 Å². The molecule has 2 heterocycles. The number of nitrogens with zero attached hydrogens (tertiary/aromatic N) is 5. The largest absolute Gasteiger partial charge is 0.328 e. The molecule has 0 atom stereocenters. The van der Waals surface area contributed by atoms with Crippen molar-refractivity contribution in [3.05, 3.63) is 84.4 Å². The number of rotatable bonds is 4. The van der Waals surface area contributed by atoms with E-state index >= 15 is 0 Å². The van der Waals surface area contributed by atoms with E-state index in [1.165, 1.54) is 63.5 Å². The first-order valence-corrected chi connectivity index (χ1v) is 9.14. The molecule has 0 radical (unpaired) electrons. The van der Waals surface area contributed by atoms with Crippen LogP contribution in [-0.4, -0.2) is 30.1 Å². The predicted octanol–water partition coefficient (Wildman–Crippen LogP) is 2.46. The smallest absolute Gasteiger partial charge is 0.295 e. The summed E-state index contributed by atoms with van der Waals surface area (Å²) in [6.07, 6.45) is 1.24. The zero-order valence-corrected chi connectivity index (χ0v) is 16.8. The molecule has 0 aliphatic rings. The quantitative estimate of drug-likeness (QED) is 0.307. The van der Waals surface area contributed by atoms with Crippen molar-refractivity contribution < 1.29 is 9.31 Å². The highest BCUT2D eigenvalue weighted by molar-refractivity contribution is 5.89. The highest BCUT2D eigenvalue weighted by Gasteiger charge is 2.19. The van der Waals surface area contributed by atoms with Crippen molar-refractivity contribution in [2.75, 3.05) is 0 Å². The van der Waals surface area contributed by atoms with E-state index in [-0.39, 0.29) is 22.6 Å². The second kappa shape index (κ2) is 7.20. The lowest BCUT2D eigenvalue weighted by Crippen LogP contribution is -2.19. The maximum atomic E-state index is 13.2. The van der Waals surface area contributed by atoms with Crippen molar-refractivity contribution in [3.63, 3.8) is 0 Å². The molecule has 0 saturated heterocycles. The molecule has 4 rings (SSSR count). The fourth-order valence-electron chi connectivity index (χ4n) is 3.39. The average molecular weight is 424 g/mol. The summed E-state index contributed by atoms with van der Waals surface area (Å²) in [5.41, 5.74) is 0.923. The van der Waals surface area contributed by atoms with Crippen molar-refractivity contribution in [3.8, 4) is 5.69 Å². The molecule has 158 valence electrons. The molecule has 2 aromatic carbocycles. The predicted molar refractivity (Wildman–Crippen MR) is 113 cm³/mol. The van der Waals surface area contributed by atoms with Gasteiger partial charge in [0, 0.05) is 32.1 Å². The number of imidazole rings is 1. The molecular weight excluding hydrogens is 407 g/mol. The number of nitrogens with one attached hydrogen (secondary N) is 1. The number of aryl methyl sites for hydroxylation is 3. The number of aromatic amines is 1. The van der Waals surface area contributed by atoms with Crippen molar-refractivity contribution in [2.24, 2.45) is 19.1 Å². The number of halogens is 1. The summed E-state index contributed by atoms with van der Waals surface area (Å²) < 4.78 is 17.1. The van der Waals surface area contributed by atoms with E-state index in [2.05, 4.69) is 10.1 Å². The van der Waals surface area contributed by atoms with Crippen molar-refractivity contribution in [1.29, 1.82) is 0 Å². The zero-order valence-electron chi connectivity index (χ0n) is 16.8. The van der Waals surface area contributed by atoms with Crippen LogP contribution in [-0.2, 0) is 14.1 Å². The standard InChI is InChI=1S/C20H17FN6O4/c1-11-14(19(28)26(23-11)13-6-4-12(21)5-7-13)10-22-15-8-17-18(9-16(15)27(30)31)25(3)20(29)24(17)2/h4-10,23H,1-3H3. The van der Waals surface area contributed by atoms with Crippen molar-refractivity contribution in [1.82, 2.24) is 18.9 Å². The second-order valence-electron chi connectivity index (χ2n) is 7.01. The molecule has 0 aliphatic heterocycles. The van der Waals surface area contributed by atoms with E-state index in [0.29, 0.717) is 22.4 Å². The fourth-order valence-corrected chi connectivity index (χ4v) is 3.39. The van der Waals surface area contributed by atoms with Crippen LogP contribution in [0, 0.1) is 22.9 Å². The van der Waals surface area contributed by atoms with Crippen LogP contribution >= 0.6 is 0 Å². The van der Waals surface area contributed by atoms with Crippen LogP contribution in [0.3, 0.4) is 0 Å². The molecule has 2 aromatic heterocycles. The molecule has 0 saturated carbocycles. The van der Waals surface area contributed by atoms with Gasteiger partial charge < -0.3 is 0 Å². The molecule has 0 fully saturated rings. The minimum atomic E-state index is -0.593. The third-order valence-corrected chi connectivity index (χ3v) is 5.10. The Kier molecular flexibility index (Phi) is 4.65. The summed E-state index contributed by atoms with van der Waals surface area (Å²) in [4.78, 5) is 40.1. The van der Waals surface area contributed by atoms with Crippen LogP contribution in [0.25, 0.3) is 16.7 Å². The summed E-state index contributed by atoms with van der Waals surface area (Å²) in [6, 6.07) is 8.07. The summed E-state index contributed by atoms with van der Waals surface area (Å²) in [5.74, 6) is -0.431. The van der Waals surface area contributed by atoms with Gasteiger partial charge in [0.2, 0.25) is 0 Å². The topological polar surface area (TPSA) is 120 Å². The van der Waals surface area contributed by atoms with Crippen LogP contribution in [0.2, 0.25) is 0 Å². The molecule has 0 bridgehead atoms. The highest BCUT2D eigenvalue weighted by atomic mass is 19.1. The van der Waals surface area contributed by atoms with Gasteiger partial charge in [-0.1, -0.05) is 0 Å². The molecule has 4 aromatic rings. The normalized spacial score (nSPS) is 11.6. The van der Waals surface area contributed by atoms with Gasteiger partial charge in [-0.05, 0) is 37.3 Å². The van der Waals surface area contributed by atoms with Gasteiger partial charge in [0.05, 0.1) is 27.2 Å². The van der Waals surface area contributed by atoms with Crippen molar-refractivity contribution >= 4 is 28.6 Å². The lowest BCUT2D eigenvalue weighted by Gasteiger charge is -2.00. The fraction of sp³-hybridized carbons (Fsp3) is 0.150. The van der Waals surface area contributed by atoms with Crippen molar-refractivity contribution in [2.45, 2.75) is 6.92 Å². The highest BCUT2D eigenvalue weighted by Crippen LogP contribution is 2.31. The van der Waals surface area contributed by atoms with E-state index in [9.17, 15) is 24.1 Å². The van der Waals surface area contributed by atoms with Gasteiger partial charge in [0.25, 0.3) is 11.2 Å². The molecule has 0 spiro atoms. The number of fused-ring (bicyclic) bond motifs is 1. The second-order valence-corrected chi connectivity index (χ2v) is 7.01. The monoisotopic (exact) mass is 424 g/mol. The number of hydrogen-bond donors (Lipinski definition) is 1. The first-order chi connectivity index (χ1) is 14.7. The number of aromatic nitrogens is 4. The van der Waals surface area contributed by atoms with Crippen LogP contribution in [0.5, 0.6) is 0 Å². The molecular formula is C20H17FN6O4. The maximum absolute atomic E-state index is 13.2. The number of nitro benzene ring substituents is 1. The summed E-state index contributed by atoms with van der Waals surface area (Å²) in [6.45, 7) is 1.65. The van der Waals surface area contributed by atoms with E-state index < -0.39 is 16.3 Å². The Bertz CT molecular complexity index is 1490. The third-order valence-electron chi connectivity index (χ3n) is 5.10.